The number of carbonyl (C=O) groups is 3. The summed E-state index contributed by atoms with van der Waals surface area (Å²) in [6.07, 6.45) is 0. The summed E-state index contributed by atoms with van der Waals surface area (Å²) in [5.74, 6) is -2.85. The van der Waals surface area contributed by atoms with E-state index < -0.39 is 11.9 Å². The monoisotopic (exact) mass is 400 g/mol. The van der Waals surface area contributed by atoms with Crippen molar-refractivity contribution < 1.29 is 29.3 Å². The zero-order valence-electron chi connectivity index (χ0n) is 15.9. The van der Waals surface area contributed by atoms with Crippen LogP contribution < -0.4 is 4.74 Å². The summed E-state index contributed by atoms with van der Waals surface area (Å²) in [4.78, 5) is 34.7. The minimum absolute atomic E-state index is 0.0632. The third kappa shape index (κ3) is 8.02. The van der Waals surface area contributed by atoms with Crippen LogP contribution in [0.4, 0.5) is 0 Å². The van der Waals surface area contributed by atoms with Crippen LogP contribution in [0.1, 0.15) is 5.56 Å². The van der Waals surface area contributed by atoms with E-state index >= 15 is 0 Å². The van der Waals surface area contributed by atoms with Crippen LogP contribution in [0, 0.1) is 0 Å². The van der Waals surface area contributed by atoms with E-state index in [-0.39, 0.29) is 12.5 Å². The molecule has 0 unspecified atom stereocenters. The number of ether oxygens (including phenoxy) is 1. The van der Waals surface area contributed by atoms with E-state index in [1.807, 2.05) is 41.3 Å². The molecular weight excluding hydrogens is 376 g/mol. The Kier molecular flexibility index (Phi) is 8.65. The number of benzene rings is 2. The van der Waals surface area contributed by atoms with E-state index in [0.717, 1.165) is 38.5 Å². The van der Waals surface area contributed by atoms with E-state index in [2.05, 4.69) is 29.2 Å². The molecule has 3 rings (SSSR count). The van der Waals surface area contributed by atoms with Gasteiger partial charge in [0.15, 0.2) is 6.61 Å². The second-order valence-corrected chi connectivity index (χ2v) is 6.35. The van der Waals surface area contributed by atoms with Crippen molar-refractivity contribution in [2.24, 2.45) is 0 Å². The number of carboxylic acid groups (broad SMARTS) is 2. The van der Waals surface area contributed by atoms with E-state index in [4.69, 9.17) is 24.5 Å². The normalized spacial score (nSPS) is 13.7. The van der Waals surface area contributed by atoms with Gasteiger partial charge in [-0.2, -0.15) is 0 Å². The number of hydrogen-bond acceptors (Lipinski definition) is 5. The Hall–Kier alpha value is -3.39. The Morgan fingerprint density at radius 2 is 1.31 bits per heavy atom. The average molecular weight is 400 g/mol. The molecule has 8 nitrogen and oxygen atoms in total. The Morgan fingerprint density at radius 3 is 1.83 bits per heavy atom. The van der Waals surface area contributed by atoms with Crippen molar-refractivity contribution in [2.45, 2.75) is 6.54 Å². The maximum Gasteiger partial charge on any atom is 0.414 e. The highest BCUT2D eigenvalue weighted by atomic mass is 16.5. The molecular formula is C21H24N2O6. The highest BCUT2D eigenvalue weighted by Gasteiger charge is 2.21. The summed E-state index contributed by atoms with van der Waals surface area (Å²) in [6.45, 7) is 4.41. The lowest BCUT2D eigenvalue weighted by atomic mass is 10.2. The molecule has 2 N–H and O–H groups in total. The minimum Gasteiger partial charge on any atom is -0.484 e. The number of nitrogens with zero attached hydrogens (tertiary/aromatic N) is 2. The van der Waals surface area contributed by atoms with E-state index in [0.29, 0.717) is 0 Å². The quantitative estimate of drug-likeness (QED) is 0.734. The number of piperazine rings is 1. The van der Waals surface area contributed by atoms with Gasteiger partial charge in [-0.1, -0.05) is 48.5 Å². The lowest BCUT2D eigenvalue weighted by Crippen LogP contribution is -2.49. The van der Waals surface area contributed by atoms with Crippen molar-refractivity contribution >= 4 is 17.8 Å². The van der Waals surface area contributed by atoms with Gasteiger partial charge in [-0.15, -0.1) is 0 Å². The standard InChI is InChI=1S/C19H22N2O2.C2H2O4/c22-19(16-23-18-9-5-2-6-10-18)21-13-11-20(12-14-21)15-17-7-3-1-4-8-17;3-1(4)2(5)6/h1-10H,11-16H2;(H,3,4)(H,5,6). The SMILES string of the molecule is O=C(COc1ccccc1)N1CCN(Cc2ccccc2)CC1.O=C(O)C(=O)O. The first-order chi connectivity index (χ1) is 14.0. The fourth-order valence-corrected chi connectivity index (χ4v) is 2.75. The van der Waals surface area contributed by atoms with Crippen LogP contribution in [0.3, 0.4) is 0 Å². The molecule has 2 aromatic carbocycles. The highest BCUT2D eigenvalue weighted by Crippen LogP contribution is 2.11. The number of amides is 1. The van der Waals surface area contributed by atoms with Crippen LogP contribution in [0.15, 0.2) is 60.7 Å². The van der Waals surface area contributed by atoms with Gasteiger partial charge in [0.1, 0.15) is 5.75 Å². The third-order valence-electron chi connectivity index (χ3n) is 4.26. The molecule has 0 saturated carbocycles. The molecule has 0 radical (unpaired) electrons. The van der Waals surface area contributed by atoms with Gasteiger partial charge >= 0.3 is 11.9 Å². The number of aliphatic carboxylic acids is 2. The van der Waals surface area contributed by atoms with Gasteiger partial charge in [0.2, 0.25) is 0 Å². The average Bonchev–Trinajstić information content (AvgIpc) is 2.74. The number of rotatable bonds is 5. The number of para-hydroxylation sites is 1. The van der Waals surface area contributed by atoms with Crippen LogP contribution in [-0.4, -0.2) is 70.6 Å². The topological polar surface area (TPSA) is 107 Å². The lowest BCUT2D eigenvalue weighted by Gasteiger charge is -2.34. The third-order valence-corrected chi connectivity index (χ3v) is 4.26. The maximum atomic E-state index is 12.2. The summed E-state index contributed by atoms with van der Waals surface area (Å²) in [6, 6.07) is 19.9. The van der Waals surface area contributed by atoms with Gasteiger partial charge in [-0.05, 0) is 17.7 Å². The van der Waals surface area contributed by atoms with Crippen LogP contribution >= 0.6 is 0 Å². The molecule has 8 heteroatoms. The van der Waals surface area contributed by atoms with E-state index in [1.165, 1.54) is 5.56 Å². The van der Waals surface area contributed by atoms with Crippen molar-refractivity contribution in [3.63, 3.8) is 0 Å². The van der Waals surface area contributed by atoms with E-state index in [9.17, 15) is 4.79 Å². The molecule has 1 aliphatic rings. The van der Waals surface area contributed by atoms with Crippen molar-refractivity contribution in [1.29, 1.82) is 0 Å². The van der Waals surface area contributed by atoms with Gasteiger partial charge in [0.05, 0.1) is 0 Å². The lowest BCUT2D eigenvalue weighted by molar-refractivity contribution is -0.159. The largest absolute Gasteiger partial charge is 0.484 e. The molecule has 0 aliphatic carbocycles. The second kappa shape index (κ2) is 11.5. The summed E-state index contributed by atoms with van der Waals surface area (Å²) in [7, 11) is 0. The molecule has 154 valence electrons. The zero-order chi connectivity index (χ0) is 21.1. The molecule has 29 heavy (non-hydrogen) atoms. The molecule has 1 aliphatic heterocycles. The maximum absolute atomic E-state index is 12.2. The molecule has 2 aromatic rings. The van der Waals surface area contributed by atoms with E-state index in [1.54, 1.807) is 0 Å². The molecule has 1 fully saturated rings. The van der Waals surface area contributed by atoms with Crippen molar-refractivity contribution in [2.75, 3.05) is 32.8 Å². The first kappa shape index (κ1) is 21.9. The molecule has 0 bridgehead atoms. The molecule has 1 saturated heterocycles. The van der Waals surface area contributed by atoms with Gasteiger partial charge in [0.25, 0.3) is 5.91 Å². The van der Waals surface area contributed by atoms with Gasteiger partial charge < -0.3 is 19.8 Å². The minimum atomic E-state index is -1.82. The van der Waals surface area contributed by atoms with Crippen LogP contribution in [-0.2, 0) is 20.9 Å². The van der Waals surface area contributed by atoms with Crippen molar-refractivity contribution in [3.8, 4) is 5.75 Å². The number of carbonyl (C=O) groups excluding carboxylic acids is 1. The van der Waals surface area contributed by atoms with Crippen LogP contribution in [0.2, 0.25) is 0 Å². The van der Waals surface area contributed by atoms with Gasteiger partial charge in [-0.25, -0.2) is 9.59 Å². The van der Waals surface area contributed by atoms with Crippen LogP contribution in [0.25, 0.3) is 0 Å². The van der Waals surface area contributed by atoms with Crippen molar-refractivity contribution in [3.05, 3.63) is 66.2 Å². The predicted octanol–water partition coefficient (Wildman–Crippen LogP) is 1.57. The smallest absolute Gasteiger partial charge is 0.414 e. The Balaban J connectivity index is 0.000000438. The highest BCUT2D eigenvalue weighted by molar-refractivity contribution is 6.27. The summed E-state index contributed by atoms with van der Waals surface area (Å²) >= 11 is 0. The Morgan fingerprint density at radius 1 is 0.793 bits per heavy atom. The first-order valence-electron chi connectivity index (χ1n) is 9.14. The summed E-state index contributed by atoms with van der Waals surface area (Å²) in [5.41, 5.74) is 1.32. The zero-order valence-corrected chi connectivity index (χ0v) is 15.9. The summed E-state index contributed by atoms with van der Waals surface area (Å²) in [5, 5.41) is 14.8. The fraction of sp³-hybridized carbons (Fsp3) is 0.286. The van der Waals surface area contributed by atoms with Crippen LogP contribution in [0.5, 0.6) is 5.75 Å². The number of carboxylic acids is 2. The molecule has 0 atom stereocenters. The molecule has 0 spiro atoms. The first-order valence-corrected chi connectivity index (χ1v) is 9.14. The number of hydrogen-bond donors (Lipinski definition) is 2. The molecule has 1 heterocycles. The Labute approximate surface area is 168 Å². The van der Waals surface area contributed by atoms with Crippen molar-refractivity contribution in [1.82, 2.24) is 9.80 Å². The fourth-order valence-electron chi connectivity index (χ4n) is 2.75. The van der Waals surface area contributed by atoms with Gasteiger partial charge in [0, 0.05) is 32.7 Å². The predicted molar refractivity (Wildman–Crippen MR) is 106 cm³/mol. The Bertz CT molecular complexity index is 777. The van der Waals surface area contributed by atoms with Gasteiger partial charge in [-0.3, -0.25) is 9.69 Å². The molecule has 1 amide bonds. The molecule has 0 aromatic heterocycles. The summed E-state index contributed by atoms with van der Waals surface area (Å²) < 4.78 is 5.54. The second-order valence-electron chi connectivity index (χ2n) is 6.35.